The second-order valence-electron chi connectivity index (χ2n) is 6.19. The average molecular weight is 337 g/mol. The molecule has 2 fully saturated rings. The van der Waals surface area contributed by atoms with E-state index in [0.717, 1.165) is 0 Å². The standard InChI is InChI=1S/C11H19N3O7S/c1-11(2,3)20-12-9(15)8-5-4-7-6-13(8)10(16)14(7)21-22(17,18)19/h7-8H,4-6H2,1-3H3,(H,12,15)(H,17,18,19)/t7-,8+/m1/s1. The summed E-state index contributed by atoms with van der Waals surface area (Å²) in [4.78, 5) is 30.6. The maximum Gasteiger partial charge on any atom is 0.418 e. The summed E-state index contributed by atoms with van der Waals surface area (Å²) in [6, 6.07) is -2.08. The van der Waals surface area contributed by atoms with Gasteiger partial charge in [-0.25, -0.2) is 10.3 Å². The largest absolute Gasteiger partial charge is 0.418 e. The van der Waals surface area contributed by atoms with Gasteiger partial charge in [0.2, 0.25) is 0 Å². The Labute approximate surface area is 128 Å². The summed E-state index contributed by atoms with van der Waals surface area (Å²) in [7, 11) is -4.79. The minimum absolute atomic E-state index is 0.141. The topological polar surface area (TPSA) is 125 Å². The first-order chi connectivity index (χ1) is 9.98. The molecule has 2 aliphatic heterocycles. The maximum absolute atomic E-state index is 12.1. The number of hydrogen-bond acceptors (Lipinski definition) is 6. The minimum atomic E-state index is -4.79. The van der Waals surface area contributed by atoms with Gasteiger partial charge in [-0.05, 0) is 33.6 Å². The van der Waals surface area contributed by atoms with Gasteiger partial charge in [0.15, 0.2) is 0 Å². The van der Waals surface area contributed by atoms with Gasteiger partial charge in [-0.15, -0.1) is 4.28 Å². The quantitative estimate of drug-likeness (QED) is 0.539. The van der Waals surface area contributed by atoms with E-state index in [4.69, 9.17) is 9.39 Å². The molecule has 0 spiro atoms. The fourth-order valence-electron chi connectivity index (χ4n) is 2.38. The van der Waals surface area contributed by atoms with E-state index < -0.39 is 40.0 Å². The summed E-state index contributed by atoms with van der Waals surface area (Å²) in [5.74, 6) is -0.490. The van der Waals surface area contributed by atoms with Crippen LogP contribution in [-0.2, 0) is 24.3 Å². The van der Waals surface area contributed by atoms with E-state index in [1.807, 2.05) is 0 Å². The fraction of sp³-hybridized carbons (Fsp3) is 0.818. The molecule has 2 saturated heterocycles. The molecule has 22 heavy (non-hydrogen) atoms. The number of nitrogens with one attached hydrogen (secondary N) is 1. The molecule has 2 rings (SSSR count). The Kier molecular flexibility index (Phi) is 4.35. The second-order valence-corrected chi connectivity index (χ2v) is 7.20. The molecule has 126 valence electrons. The van der Waals surface area contributed by atoms with E-state index in [1.165, 1.54) is 4.90 Å². The highest BCUT2D eigenvalue weighted by atomic mass is 32.3. The van der Waals surface area contributed by atoms with Crippen LogP contribution in [0.3, 0.4) is 0 Å². The lowest BCUT2D eigenvalue weighted by Gasteiger charge is -2.30. The molecule has 0 aliphatic carbocycles. The van der Waals surface area contributed by atoms with Crippen LogP contribution >= 0.6 is 0 Å². The first-order valence-corrected chi connectivity index (χ1v) is 8.09. The fourth-order valence-corrected chi connectivity index (χ4v) is 2.76. The summed E-state index contributed by atoms with van der Waals surface area (Å²) >= 11 is 0. The summed E-state index contributed by atoms with van der Waals surface area (Å²) in [5.41, 5.74) is 1.72. The lowest BCUT2D eigenvalue weighted by molar-refractivity contribution is -0.150. The zero-order valence-corrected chi connectivity index (χ0v) is 13.3. The Hall–Kier alpha value is -1.43. The number of carbonyl (C=O) groups excluding carboxylic acids is 2. The molecule has 2 bridgehead atoms. The number of carbonyl (C=O) groups is 2. The van der Waals surface area contributed by atoms with Gasteiger partial charge in [0.05, 0.1) is 11.6 Å². The highest BCUT2D eigenvalue weighted by Gasteiger charge is 2.49. The van der Waals surface area contributed by atoms with Crippen LogP contribution in [0.5, 0.6) is 0 Å². The van der Waals surface area contributed by atoms with Gasteiger partial charge in [0.25, 0.3) is 5.91 Å². The molecule has 2 heterocycles. The third-order valence-electron chi connectivity index (χ3n) is 3.26. The van der Waals surface area contributed by atoms with Crippen molar-refractivity contribution in [2.45, 2.75) is 51.3 Å². The van der Waals surface area contributed by atoms with Gasteiger partial charge < -0.3 is 4.90 Å². The van der Waals surface area contributed by atoms with E-state index >= 15 is 0 Å². The van der Waals surface area contributed by atoms with Crippen LogP contribution in [-0.4, -0.2) is 59.1 Å². The van der Waals surface area contributed by atoms with Crippen molar-refractivity contribution in [1.29, 1.82) is 0 Å². The minimum Gasteiger partial charge on any atom is -0.309 e. The summed E-state index contributed by atoms with van der Waals surface area (Å²) in [6.45, 7) is 5.41. The second kappa shape index (κ2) is 5.65. The predicted octanol–water partition coefficient (Wildman–Crippen LogP) is -0.164. The van der Waals surface area contributed by atoms with Crippen LogP contribution < -0.4 is 5.48 Å². The highest BCUT2D eigenvalue weighted by Crippen LogP contribution is 2.30. The molecular formula is C11H19N3O7S. The molecule has 2 aliphatic rings. The van der Waals surface area contributed by atoms with Gasteiger partial charge in [-0.3, -0.25) is 14.2 Å². The van der Waals surface area contributed by atoms with E-state index in [1.54, 1.807) is 20.8 Å². The Bertz CT molecular complexity index is 571. The molecule has 0 aromatic heterocycles. The van der Waals surface area contributed by atoms with Crippen molar-refractivity contribution in [2.24, 2.45) is 0 Å². The molecule has 11 heteroatoms. The third kappa shape index (κ3) is 3.85. The van der Waals surface area contributed by atoms with E-state index in [9.17, 15) is 18.0 Å². The van der Waals surface area contributed by atoms with Gasteiger partial charge in [0, 0.05) is 6.54 Å². The number of hydrogen-bond donors (Lipinski definition) is 2. The van der Waals surface area contributed by atoms with Crippen molar-refractivity contribution in [2.75, 3.05) is 6.54 Å². The zero-order chi connectivity index (χ0) is 16.7. The molecule has 2 N–H and O–H groups in total. The molecule has 0 radical (unpaired) electrons. The smallest absolute Gasteiger partial charge is 0.309 e. The molecule has 0 aromatic carbocycles. The van der Waals surface area contributed by atoms with Gasteiger partial charge >= 0.3 is 16.4 Å². The Balaban J connectivity index is 2.04. The molecule has 0 unspecified atom stereocenters. The number of nitrogens with zero attached hydrogens (tertiary/aromatic N) is 2. The van der Waals surface area contributed by atoms with Gasteiger partial charge in [-0.1, -0.05) is 0 Å². The Morgan fingerprint density at radius 2 is 2.00 bits per heavy atom. The summed E-state index contributed by atoms with van der Waals surface area (Å²) in [6.07, 6.45) is 0.701. The van der Waals surface area contributed by atoms with E-state index in [-0.39, 0.29) is 6.54 Å². The van der Waals surface area contributed by atoms with Crippen LogP contribution in [0.4, 0.5) is 4.79 Å². The average Bonchev–Trinajstić information content (AvgIpc) is 2.59. The lowest BCUT2D eigenvalue weighted by Crippen LogP contribution is -2.51. The zero-order valence-electron chi connectivity index (χ0n) is 12.5. The molecule has 10 nitrogen and oxygen atoms in total. The summed E-state index contributed by atoms with van der Waals surface area (Å²) in [5, 5.41) is 0.591. The van der Waals surface area contributed by atoms with E-state index in [0.29, 0.717) is 17.9 Å². The first kappa shape index (κ1) is 16.9. The monoisotopic (exact) mass is 337 g/mol. The Morgan fingerprint density at radius 1 is 1.36 bits per heavy atom. The predicted molar refractivity (Wildman–Crippen MR) is 72.4 cm³/mol. The van der Waals surface area contributed by atoms with Crippen LogP contribution in [0.15, 0.2) is 0 Å². The maximum atomic E-state index is 12.1. The number of hydroxylamine groups is 3. The Morgan fingerprint density at radius 3 is 2.55 bits per heavy atom. The number of rotatable bonds is 4. The number of urea groups is 1. The normalized spacial score (nSPS) is 25.5. The third-order valence-corrected chi connectivity index (χ3v) is 3.61. The summed E-state index contributed by atoms with van der Waals surface area (Å²) < 4.78 is 34.5. The van der Waals surface area contributed by atoms with Crippen molar-refractivity contribution in [3.05, 3.63) is 0 Å². The molecular weight excluding hydrogens is 318 g/mol. The van der Waals surface area contributed by atoms with Crippen LogP contribution in [0, 0.1) is 0 Å². The number of piperidine rings is 1. The van der Waals surface area contributed by atoms with Crippen LogP contribution in [0.1, 0.15) is 33.6 Å². The van der Waals surface area contributed by atoms with Crippen molar-refractivity contribution in [1.82, 2.24) is 15.4 Å². The highest BCUT2D eigenvalue weighted by molar-refractivity contribution is 7.80. The molecule has 0 saturated carbocycles. The SMILES string of the molecule is CC(C)(C)ONC(=O)[C@@H]1CC[C@@H]2CN1C(=O)N2OS(=O)(=O)O. The van der Waals surface area contributed by atoms with Crippen molar-refractivity contribution in [3.63, 3.8) is 0 Å². The van der Waals surface area contributed by atoms with Crippen molar-refractivity contribution < 1.29 is 31.7 Å². The number of amides is 3. The lowest BCUT2D eigenvalue weighted by atomic mass is 10.0. The number of fused-ring (bicyclic) bond motifs is 2. The van der Waals surface area contributed by atoms with Crippen LogP contribution in [0.2, 0.25) is 0 Å². The molecule has 3 amide bonds. The first-order valence-electron chi connectivity index (χ1n) is 6.72. The van der Waals surface area contributed by atoms with E-state index in [2.05, 4.69) is 9.76 Å². The van der Waals surface area contributed by atoms with Crippen molar-refractivity contribution >= 4 is 22.3 Å². The molecule has 2 atom stereocenters. The molecule has 0 aromatic rings. The van der Waals surface area contributed by atoms with Gasteiger partial charge in [0.1, 0.15) is 6.04 Å². The van der Waals surface area contributed by atoms with Crippen LogP contribution in [0.25, 0.3) is 0 Å². The van der Waals surface area contributed by atoms with Crippen molar-refractivity contribution in [3.8, 4) is 0 Å². The van der Waals surface area contributed by atoms with Gasteiger partial charge in [-0.2, -0.15) is 13.5 Å².